The number of amides is 1. The highest BCUT2D eigenvalue weighted by atomic mass is 32.2. The van der Waals surface area contributed by atoms with Crippen LogP contribution in [0.25, 0.3) is 0 Å². The Labute approximate surface area is 109 Å². The summed E-state index contributed by atoms with van der Waals surface area (Å²) in [6.07, 6.45) is 7.96. The van der Waals surface area contributed by atoms with Gasteiger partial charge in [0.1, 0.15) is 0 Å². The molecule has 1 aliphatic carbocycles. The van der Waals surface area contributed by atoms with Crippen molar-refractivity contribution in [1.82, 2.24) is 10.2 Å². The van der Waals surface area contributed by atoms with E-state index in [1.54, 1.807) is 0 Å². The van der Waals surface area contributed by atoms with E-state index in [9.17, 15) is 4.79 Å². The average Bonchev–Trinajstić information content (AvgIpc) is 2.67. The predicted octanol–water partition coefficient (Wildman–Crippen LogP) is 2.22. The third-order valence-electron chi connectivity index (χ3n) is 4.50. The summed E-state index contributed by atoms with van der Waals surface area (Å²) in [4.78, 5) is 14.5. The van der Waals surface area contributed by atoms with Crippen LogP contribution in [0.3, 0.4) is 0 Å². The van der Waals surface area contributed by atoms with Crippen molar-refractivity contribution in [3.8, 4) is 0 Å². The zero-order valence-corrected chi connectivity index (χ0v) is 12.0. The number of thioether (sulfide) groups is 1. The van der Waals surface area contributed by atoms with Gasteiger partial charge in [0.05, 0.1) is 12.2 Å². The second kappa shape index (κ2) is 5.19. The Bertz CT molecular complexity index is 289. The van der Waals surface area contributed by atoms with E-state index in [0.717, 1.165) is 18.3 Å². The summed E-state index contributed by atoms with van der Waals surface area (Å²) < 4.78 is 0. The molecule has 4 heteroatoms. The van der Waals surface area contributed by atoms with E-state index in [1.165, 1.54) is 25.7 Å². The van der Waals surface area contributed by atoms with Gasteiger partial charge in [-0.15, -0.1) is 0 Å². The lowest BCUT2D eigenvalue weighted by Gasteiger charge is -2.34. The van der Waals surface area contributed by atoms with Gasteiger partial charge in [0.15, 0.2) is 0 Å². The molecule has 1 amide bonds. The fourth-order valence-corrected chi connectivity index (χ4v) is 3.63. The van der Waals surface area contributed by atoms with Crippen LogP contribution < -0.4 is 5.32 Å². The van der Waals surface area contributed by atoms with Crippen LogP contribution in [0.1, 0.15) is 46.0 Å². The Morgan fingerprint density at radius 2 is 2.06 bits per heavy atom. The molecule has 2 fully saturated rings. The molecule has 0 bridgehead atoms. The van der Waals surface area contributed by atoms with Gasteiger partial charge in [-0.2, -0.15) is 11.8 Å². The normalized spacial score (nSPS) is 38.8. The number of nitrogens with zero attached hydrogens (tertiary/aromatic N) is 1. The Kier molecular flexibility index (Phi) is 4.03. The van der Waals surface area contributed by atoms with Crippen LogP contribution in [0.5, 0.6) is 0 Å². The van der Waals surface area contributed by atoms with E-state index in [0.29, 0.717) is 11.9 Å². The minimum Gasteiger partial charge on any atom is -0.325 e. The van der Waals surface area contributed by atoms with Crippen molar-refractivity contribution >= 4 is 17.7 Å². The van der Waals surface area contributed by atoms with Crippen molar-refractivity contribution in [3.63, 3.8) is 0 Å². The van der Waals surface area contributed by atoms with Crippen molar-refractivity contribution < 1.29 is 4.79 Å². The van der Waals surface area contributed by atoms with Crippen LogP contribution in [0.15, 0.2) is 0 Å². The molecule has 0 aromatic rings. The first kappa shape index (κ1) is 13.2. The third kappa shape index (κ3) is 2.48. The lowest BCUT2D eigenvalue weighted by Crippen LogP contribution is -2.45. The Morgan fingerprint density at radius 3 is 2.53 bits per heavy atom. The second-order valence-electron chi connectivity index (χ2n) is 5.46. The highest BCUT2D eigenvalue weighted by Gasteiger charge is 2.43. The van der Waals surface area contributed by atoms with E-state index in [4.69, 9.17) is 0 Å². The Morgan fingerprint density at radius 1 is 1.41 bits per heavy atom. The molecule has 0 aromatic heterocycles. The van der Waals surface area contributed by atoms with Crippen LogP contribution in [-0.4, -0.2) is 40.6 Å². The first-order valence-electron chi connectivity index (χ1n) is 6.69. The predicted molar refractivity (Wildman–Crippen MR) is 73.1 cm³/mol. The van der Waals surface area contributed by atoms with E-state index in [-0.39, 0.29) is 5.54 Å². The summed E-state index contributed by atoms with van der Waals surface area (Å²) in [7, 11) is 0. The number of carbonyl (C=O) groups excluding carboxylic acids is 1. The van der Waals surface area contributed by atoms with Gasteiger partial charge in [0.2, 0.25) is 5.91 Å². The van der Waals surface area contributed by atoms with E-state index >= 15 is 0 Å². The molecule has 1 saturated heterocycles. The number of hydrogen-bond donors (Lipinski definition) is 1. The summed E-state index contributed by atoms with van der Waals surface area (Å²) in [5, 5.41) is 4.19. The fraction of sp³-hybridized carbons (Fsp3) is 0.923. The number of carbonyl (C=O) groups is 1. The van der Waals surface area contributed by atoms with E-state index in [1.807, 2.05) is 18.7 Å². The van der Waals surface area contributed by atoms with Gasteiger partial charge in [-0.05, 0) is 45.3 Å². The molecule has 0 aromatic carbocycles. The molecule has 0 radical (unpaired) electrons. The lowest BCUT2D eigenvalue weighted by atomic mass is 9.92. The van der Waals surface area contributed by atoms with Gasteiger partial charge in [0, 0.05) is 11.3 Å². The number of nitrogens with one attached hydrogen (secondary N) is 1. The molecule has 1 heterocycles. The zero-order valence-electron chi connectivity index (χ0n) is 11.2. The highest BCUT2D eigenvalue weighted by molar-refractivity contribution is 7.99. The topological polar surface area (TPSA) is 32.3 Å². The molecule has 0 spiro atoms. The Balaban J connectivity index is 1.95. The first-order valence-corrected chi connectivity index (χ1v) is 7.98. The maximum absolute atomic E-state index is 12.4. The summed E-state index contributed by atoms with van der Waals surface area (Å²) in [6.45, 7) is 4.86. The second-order valence-corrected chi connectivity index (χ2v) is 6.60. The maximum Gasteiger partial charge on any atom is 0.243 e. The molecule has 3 nitrogen and oxygen atoms in total. The summed E-state index contributed by atoms with van der Waals surface area (Å²) in [6, 6.07) is 0.478. The van der Waals surface area contributed by atoms with E-state index < -0.39 is 0 Å². The maximum atomic E-state index is 12.4. The molecule has 1 unspecified atom stereocenters. The zero-order chi connectivity index (χ0) is 12.5. The molecular weight excluding hydrogens is 232 g/mol. The standard InChI is InChI=1S/C13H24N2OS/c1-4-13(2)12(16)15(9-14-13)10-5-7-11(17-3)8-6-10/h10-11,14H,4-9H2,1-3H3. The quantitative estimate of drug-likeness (QED) is 0.840. The third-order valence-corrected chi connectivity index (χ3v) is 5.64. The fourth-order valence-electron chi connectivity index (χ4n) is 2.89. The van der Waals surface area contributed by atoms with Crippen molar-refractivity contribution in [1.29, 1.82) is 0 Å². The molecule has 1 saturated carbocycles. The van der Waals surface area contributed by atoms with Crippen molar-refractivity contribution in [3.05, 3.63) is 0 Å². The molecule has 2 rings (SSSR count). The minimum absolute atomic E-state index is 0.309. The van der Waals surface area contributed by atoms with Crippen LogP contribution >= 0.6 is 11.8 Å². The molecule has 17 heavy (non-hydrogen) atoms. The van der Waals surface area contributed by atoms with E-state index in [2.05, 4.69) is 23.4 Å². The molecule has 98 valence electrons. The van der Waals surface area contributed by atoms with Gasteiger partial charge < -0.3 is 4.90 Å². The van der Waals surface area contributed by atoms with Gasteiger partial charge in [0.25, 0.3) is 0 Å². The van der Waals surface area contributed by atoms with Gasteiger partial charge >= 0.3 is 0 Å². The summed E-state index contributed by atoms with van der Waals surface area (Å²) in [5.74, 6) is 0.313. The van der Waals surface area contributed by atoms with Crippen LogP contribution in [0, 0.1) is 0 Å². The minimum atomic E-state index is -0.309. The monoisotopic (exact) mass is 256 g/mol. The van der Waals surface area contributed by atoms with Gasteiger partial charge in [-0.25, -0.2) is 0 Å². The number of hydrogen-bond acceptors (Lipinski definition) is 3. The SMILES string of the molecule is CCC1(C)NCN(C2CCC(SC)CC2)C1=O. The summed E-state index contributed by atoms with van der Waals surface area (Å²) in [5.41, 5.74) is -0.309. The van der Waals surface area contributed by atoms with Crippen LogP contribution in [-0.2, 0) is 4.79 Å². The largest absolute Gasteiger partial charge is 0.325 e. The molecule has 1 aliphatic heterocycles. The summed E-state index contributed by atoms with van der Waals surface area (Å²) >= 11 is 1.98. The van der Waals surface area contributed by atoms with Gasteiger partial charge in [-0.1, -0.05) is 6.92 Å². The number of rotatable bonds is 3. The van der Waals surface area contributed by atoms with Crippen molar-refractivity contribution in [2.24, 2.45) is 0 Å². The molecule has 2 aliphatic rings. The Hall–Kier alpha value is -0.220. The molecule has 1 N–H and O–H groups in total. The van der Waals surface area contributed by atoms with Gasteiger partial charge in [-0.3, -0.25) is 10.1 Å². The van der Waals surface area contributed by atoms with Crippen LogP contribution in [0.2, 0.25) is 0 Å². The van der Waals surface area contributed by atoms with Crippen molar-refractivity contribution in [2.75, 3.05) is 12.9 Å². The molecule has 1 atom stereocenters. The molecular formula is C13H24N2OS. The smallest absolute Gasteiger partial charge is 0.243 e. The van der Waals surface area contributed by atoms with Crippen molar-refractivity contribution in [2.45, 2.75) is 62.8 Å². The van der Waals surface area contributed by atoms with Crippen LogP contribution in [0.4, 0.5) is 0 Å². The highest BCUT2D eigenvalue weighted by Crippen LogP contribution is 2.32. The average molecular weight is 256 g/mol. The first-order chi connectivity index (χ1) is 8.10. The lowest BCUT2D eigenvalue weighted by molar-refractivity contribution is -0.134.